The van der Waals surface area contributed by atoms with Crippen LogP contribution in [0.15, 0.2) is 17.1 Å². The molecule has 0 aromatic heterocycles. The van der Waals surface area contributed by atoms with Gasteiger partial charge in [-0.3, -0.25) is 8.67 Å². The van der Waals surface area contributed by atoms with E-state index in [1.165, 1.54) is 96.2 Å². The molecule has 202 valence electrons. The Hall–Kier alpha value is -0.800. The van der Waals surface area contributed by atoms with E-state index < -0.39 is 10.4 Å². The zero-order chi connectivity index (χ0) is 25.5. The van der Waals surface area contributed by atoms with Gasteiger partial charge in [0.25, 0.3) is 0 Å². The van der Waals surface area contributed by atoms with Crippen molar-refractivity contribution in [2.45, 2.75) is 111 Å². The number of likely N-dealkylation sites (N-methyl/N-ethyl adjacent to an activating group) is 1. The molecule has 0 bridgehead atoms. The highest BCUT2D eigenvalue weighted by Gasteiger charge is 2.35. The lowest BCUT2D eigenvalue weighted by Gasteiger charge is -2.33. The molecule has 0 saturated heterocycles. The number of amidine groups is 1. The van der Waals surface area contributed by atoms with Crippen LogP contribution in [0.4, 0.5) is 0 Å². The first-order valence-electron chi connectivity index (χ1n) is 13.6. The van der Waals surface area contributed by atoms with E-state index in [-0.39, 0.29) is 13.2 Å². The minimum absolute atomic E-state index is 0.0914. The quantitative estimate of drug-likeness (QED) is 0.0748. The van der Waals surface area contributed by atoms with Gasteiger partial charge in [-0.1, -0.05) is 70.4 Å². The topological polar surface area (TPSA) is 99.0 Å². The zero-order valence-corrected chi connectivity index (χ0v) is 23.0. The Morgan fingerprint density at radius 1 is 0.941 bits per heavy atom. The minimum atomic E-state index is -4.42. The number of quaternary nitrogens is 1. The second-order valence-electron chi connectivity index (χ2n) is 9.08. The fraction of sp³-hybridized carbons (Fsp3) is 0.885. The van der Waals surface area contributed by atoms with Crippen LogP contribution >= 0.6 is 0 Å². The Morgan fingerprint density at radius 3 is 1.97 bits per heavy atom. The number of aliphatic imine (C=N–C) groups is 1. The number of hydrogen-bond donors (Lipinski definition) is 1. The fourth-order valence-electron chi connectivity index (χ4n) is 4.39. The summed E-state index contributed by atoms with van der Waals surface area (Å²) in [6.07, 6.45) is 23.5. The molecule has 1 aliphatic heterocycles. The lowest BCUT2D eigenvalue weighted by molar-refractivity contribution is -0.835. The molecule has 0 spiro atoms. The number of allylic oxidation sites excluding steroid dienone is 2. The summed E-state index contributed by atoms with van der Waals surface area (Å²) in [6, 6.07) is 0. The van der Waals surface area contributed by atoms with Crippen LogP contribution in [0.1, 0.15) is 111 Å². The normalized spacial score (nSPS) is 18.2. The zero-order valence-electron chi connectivity index (χ0n) is 22.2. The van der Waals surface area contributed by atoms with Crippen LogP contribution in [-0.4, -0.2) is 67.8 Å². The Balaban J connectivity index is 0.00000135. The average Bonchev–Trinajstić information content (AvgIpc) is 3.19. The third-order valence-corrected chi connectivity index (χ3v) is 6.95. The average molecular weight is 505 g/mol. The van der Waals surface area contributed by atoms with E-state index >= 15 is 0 Å². The maximum absolute atomic E-state index is 9.45. The maximum Gasteiger partial charge on any atom is 0.217 e. The number of unbranched alkanes of at least 4 members (excludes halogenated alkanes) is 11. The van der Waals surface area contributed by atoms with Crippen molar-refractivity contribution in [3.05, 3.63) is 12.2 Å². The highest BCUT2D eigenvalue weighted by Crippen LogP contribution is 2.20. The van der Waals surface area contributed by atoms with Gasteiger partial charge in [0.15, 0.2) is 5.84 Å². The molecule has 1 aliphatic rings. The van der Waals surface area contributed by atoms with Gasteiger partial charge in [-0.15, -0.1) is 0 Å². The third-order valence-electron chi connectivity index (χ3n) is 6.43. The highest BCUT2D eigenvalue weighted by molar-refractivity contribution is 7.80. The number of rotatable bonds is 20. The van der Waals surface area contributed by atoms with Gasteiger partial charge in [-0.25, -0.2) is 13.4 Å². The molecule has 0 saturated carbocycles. The first-order valence-corrected chi connectivity index (χ1v) is 14.9. The molecule has 0 aromatic rings. The van der Waals surface area contributed by atoms with Gasteiger partial charge in [0.05, 0.1) is 26.3 Å². The van der Waals surface area contributed by atoms with E-state index in [1.54, 1.807) is 0 Å². The van der Waals surface area contributed by atoms with Crippen LogP contribution < -0.4 is 0 Å². The van der Waals surface area contributed by atoms with Gasteiger partial charge in [0.1, 0.15) is 13.1 Å². The number of aliphatic hydroxyl groups excluding tert-OH is 1. The van der Waals surface area contributed by atoms with Gasteiger partial charge >= 0.3 is 0 Å². The Bertz CT molecular complexity index is 637. The third kappa shape index (κ3) is 17.6. The number of hydrogen-bond acceptors (Lipinski definition) is 6. The molecule has 0 aliphatic carbocycles. The molecule has 8 heteroatoms. The first kappa shape index (κ1) is 33.2. The number of nitrogens with zero attached hydrogens (tertiary/aromatic N) is 2. The molecular formula is C26H52N2O5S. The SMILES string of the molecule is CCCCCCCC/C=C/CCCCCCCC1=NCC[N+]1(CC)CCO.CCOS(=O)(=O)[O-]. The largest absolute Gasteiger partial charge is 0.726 e. The molecule has 1 rings (SSSR count). The Kier molecular flexibility index (Phi) is 21.0. The van der Waals surface area contributed by atoms with E-state index in [4.69, 9.17) is 4.99 Å². The van der Waals surface area contributed by atoms with Crippen molar-refractivity contribution < 1.29 is 26.7 Å². The predicted molar refractivity (Wildman–Crippen MR) is 141 cm³/mol. The smallest absolute Gasteiger partial charge is 0.217 e. The summed E-state index contributed by atoms with van der Waals surface area (Å²) in [5, 5.41) is 9.37. The predicted octanol–water partition coefficient (Wildman–Crippen LogP) is 5.75. The Morgan fingerprint density at radius 2 is 1.50 bits per heavy atom. The molecule has 1 N–H and O–H groups in total. The molecule has 34 heavy (non-hydrogen) atoms. The van der Waals surface area contributed by atoms with Crippen LogP contribution in [0.25, 0.3) is 0 Å². The second-order valence-corrected chi connectivity index (χ2v) is 10.1. The van der Waals surface area contributed by atoms with Crippen molar-refractivity contribution in [3.63, 3.8) is 0 Å². The van der Waals surface area contributed by atoms with Gasteiger partial charge in [0, 0.05) is 6.42 Å². The van der Waals surface area contributed by atoms with E-state index in [2.05, 4.69) is 30.2 Å². The van der Waals surface area contributed by atoms with Crippen molar-refractivity contribution >= 4 is 16.2 Å². The fourth-order valence-corrected chi connectivity index (χ4v) is 4.68. The van der Waals surface area contributed by atoms with E-state index in [0.29, 0.717) is 0 Å². The van der Waals surface area contributed by atoms with Crippen molar-refractivity contribution in [2.75, 3.05) is 39.4 Å². The summed E-state index contributed by atoms with van der Waals surface area (Å²) in [7, 11) is -4.42. The molecule has 0 radical (unpaired) electrons. The summed E-state index contributed by atoms with van der Waals surface area (Å²) >= 11 is 0. The summed E-state index contributed by atoms with van der Waals surface area (Å²) < 4.78 is 33.0. The molecule has 0 aromatic carbocycles. The standard InChI is InChI=1S/C24H47N2O.C2H6O4S/c1-3-5-6-7-8-9-10-11-12-13-14-15-16-17-18-19-24-25-20-21-26(24,4-2)22-23-27;1-2-6-7(3,4)5/h11-12,27H,3-10,13-23H2,1-2H3;2H2,1H3,(H,3,4,5)/q+1;/p-1/b12-11+;. The van der Waals surface area contributed by atoms with E-state index in [0.717, 1.165) is 37.1 Å². The minimum Gasteiger partial charge on any atom is -0.726 e. The lowest BCUT2D eigenvalue weighted by atomic mass is 10.1. The van der Waals surface area contributed by atoms with Crippen LogP contribution in [0.3, 0.4) is 0 Å². The molecule has 1 unspecified atom stereocenters. The number of aliphatic hydroxyl groups is 1. The van der Waals surface area contributed by atoms with Gasteiger partial charge in [-0.2, -0.15) is 0 Å². The van der Waals surface area contributed by atoms with E-state index in [1.807, 2.05) is 0 Å². The molecule has 1 atom stereocenters. The molecule has 0 fully saturated rings. The monoisotopic (exact) mass is 504 g/mol. The highest BCUT2D eigenvalue weighted by atomic mass is 32.3. The van der Waals surface area contributed by atoms with Crippen molar-refractivity contribution in [1.29, 1.82) is 0 Å². The molecular weight excluding hydrogens is 452 g/mol. The van der Waals surface area contributed by atoms with Crippen LogP contribution in [-0.2, 0) is 14.6 Å². The van der Waals surface area contributed by atoms with Gasteiger partial charge in [-0.05, 0) is 46.0 Å². The van der Waals surface area contributed by atoms with Crippen molar-refractivity contribution in [1.82, 2.24) is 0 Å². The second kappa shape index (κ2) is 21.5. The van der Waals surface area contributed by atoms with Crippen LogP contribution in [0.5, 0.6) is 0 Å². The summed E-state index contributed by atoms with van der Waals surface area (Å²) in [6.45, 7) is 10.1. The Labute approximate surface area is 210 Å². The first-order chi connectivity index (χ1) is 16.3. The summed E-state index contributed by atoms with van der Waals surface area (Å²) in [4.78, 5) is 4.75. The van der Waals surface area contributed by atoms with Crippen LogP contribution in [0.2, 0.25) is 0 Å². The van der Waals surface area contributed by atoms with Crippen LogP contribution in [0, 0.1) is 0 Å². The molecule has 7 nitrogen and oxygen atoms in total. The molecule has 1 heterocycles. The summed E-state index contributed by atoms with van der Waals surface area (Å²) in [5.41, 5.74) is 0. The van der Waals surface area contributed by atoms with Crippen molar-refractivity contribution in [2.24, 2.45) is 4.99 Å². The lowest BCUT2D eigenvalue weighted by Crippen LogP contribution is -2.52. The van der Waals surface area contributed by atoms with Gasteiger partial charge < -0.3 is 9.66 Å². The maximum atomic E-state index is 9.45. The van der Waals surface area contributed by atoms with E-state index in [9.17, 15) is 18.1 Å². The summed E-state index contributed by atoms with van der Waals surface area (Å²) in [5.74, 6) is 1.35. The van der Waals surface area contributed by atoms with Crippen molar-refractivity contribution in [3.8, 4) is 0 Å². The molecule has 0 amide bonds. The van der Waals surface area contributed by atoms with Gasteiger partial charge in [0.2, 0.25) is 10.4 Å².